The second-order valence-electron chi connectivity index (χ2n) is 4.50. The van der Waals surface area contributed by atoms with E-state index in [0.717, 1.165) is 19.3 Å². The summed E-state index contributed by atoms with van der Waals surface area (Å²) in [6.45, 7) is 0. The molecule has 9 heteroatoms. The summed E-state index contributed by atoms with van der Waals surface area (Å²) < 4.78 is 10.6. The van der Waals surface area contributed by atoms with Gasteiger partial charge in [0, 0.05) is 11.7 Å². The molecule has 19 heavy (non-hydrogen) atoms. The van der Waals surface area contributed by atoms with Gasteiger partial charge in [-0.05, 0) is 19.3 Å². The molecule has 7 nitrogen and oxygen atoms in total. The van der Waals surface area contributed by atoms with Crippen LogP contribution in [0.1, 0.15) is 32.1 Å². The predicted molar refractivity (Wildman–Crippen MR) is 71.6 cm³/mol. The van der Waals surface area contributed by atoms with E-state index in [9.17, 15) is 14.8 Å². The molecule has 1 rings (SSSR count). The Kier molecular flexibility index (Phi) is 6.59. The van der Waals surface area contributed by atoms with Gasteiger partial charge < -0.3 is 25.3 Å². The van der Waals surface area contributed by atoms with Gasteiger partial charge in [-0.15, -0.1) is 11.6 Å². The zero-order valence-electron chi connectivity index (χ0n) is 10.4. The van der Waals surface area contributed by atoms with Crippen molar-refractivity contribution in [3.05, 3.63) is 11.5 Å². The molecule has 0 aliphatic carbocycles. The van der Waals surface area contributed by atoms with Gasteiger partial charge in [0.25, 0.3) is 0 Å². The Labute approximate surface area is 116 Å². The first-order valence-corrected chi connectivity index (χ1v) is 8.34. The van der Waals surface area contributed by atoms with E-state index in [1.807, 2.05) is 0 Å². The zero-order valence-corrected chi connectivity index (χ0v) is 12.1. The largest absolute Gasteiger partial charge is 0.495 e. The van der Waals surface area contributed by atoms with E-state index >= 15 is 0 Å². The summed E-state index contributed by atoms with van der Waals surface area (Å²) in [6.07, 6.45) is 2.16. The summed E-state index contributed by atoms with van der Waals surface area (Å²) in [4.78, 5) is 17.4. The minimum atomic E-state index is -3.89. The minimum absolute atomic E-state index is 0.0889. The van der Waals surface area contributed by atoms with E-state index in [-0.39, 0.29) is 12.0 Å². The number of halogens is 1. The number of aliphatic hydroxyl groups is 2. The number of nitrogens with one attached hydrogen (secondary N) is 2. The Morgan fingerprint density at radius 3 is 2.42 bits per heavy atom. The first kappa shape index (κ1) is 16.8. The molecule has 2 atom stereocenters. The quantitative estimate of drug-likeness (QED) is 0.179. The maximum Gasteiger partial charge on any atom is 0.325 e. The van der Waals surface area contributed by atoms with E-state index < -0.39 is 19.4 Å². The van der Waals surface area contributed by atoms with E-state index in [0.29, 0.717) is 18.4 Å². The van der Waals surface area contributed by atoms with Crippen molar-refractivity contribution >= 4 is 19.2 Å². The minimum Gasteiger partial charge on any atom is -0.495 e. The summed E-state index contributed by atoms with van der Waals surface area (Å²) in [5, 5.41) is 23.9. The number of aliphatic hydroxyl groups excluding tert-OH is 2. The summed E-state index contributed by atoms with van der Waals surface area (Å²) in [5.74, 6) is -0.110. The lowest BCUT2D eigenvalue weighted by atomic mass is 10.1. The standard InChI is InChI=1S/C10H20ClN2O5P/c11-8-7(9(14)13-10(15)12-8)5-3-1-2-4-6-19(16,17)18/h8,10,12-15H,1-6H2,(H2,16,17,18). The van der Waals surface area contributed by atoms with Crippen LogP contribution in [0, 0.1) is 0 Å². The number of alkyl halides is 1. The average Bonchev–Trinajstić information content (AvgIpc) is 2.24. The Balaban J connectivity index is 2.22. The highest BCUT2D eigenvalue weighted by molar-refractivity contribution is 7.51. The van der Waals surface area contributed by atoms with Gasteiger partial charge in [0.05, 0.1) is 0 Å². The van der Waals surface area contributed by atoms with Crippen LogP contribution in [0.3, 0.4) is 0 Å². The topological polar surface area (TPSA) is 122 Å². The number of unbranched alkanes of at least 4 members (excludes halogenated alkanes) is 3. The molecule has 0 aromatic heterocycles. The SMILES string of the molecule is O=P(O)(O)CCCCCCC1=C(O)NC(O)NC1Cl. The fourth-order valence-corrected chi connectivity index (χ4v) is 2.82. The van der Waals surface area contributed by atoms with E-state index in [1.165, 1.54) is 0 Å². The third-order valence-electron chi connectivity index (χ3n) is 2.83. The summed E-state index contributed by atoms with van der Waals surface area (Å²) in [5.41, 5.74) is -0.0340. The monoisotopic (exact) mass is 314 g/mol. The maximum absolute atomic E-state index is 10.6. The molecule has 0 aromatic rings. The van der Waals surface area contributed by atoms with Crippen molar-refractivity contribution in [1.29, 1.82) is 0 Å². The van der Waals surface area contributed by atoms with Gasteiger partial charge >= 0.3 is 7.60 Å². The second-order valence-corrected chi connectivity index (χ2v) is 6.72. The lowest BCUT2D eigenvalue weighted by Gasteiger charge is -2.28. The van der Waals surface area contributed by atoms with Crippen LogP contribution >= 0.6 is 19.2 Å². The molecule has 1 aliphatic heterocycles. The summed E-state index contributed by atoms with van der Waals surface area (Å²) >= 11 is 5.94. The van der Waals surface area contributed by atoms with Crippen molar-refractivity contribution in [3.8, 4) is 0 Å². The van der Waals surface area contributed by atoms with Gasteiger partial charge in [-0.25, -0.2) is 0 Å². The fourth-order valence-electron chi connectivity index (χ4n) is 1.85. The first-order valence-electron chi connectivity index (χ1n) is 6.11. The predicted octanol–water partition coefficient (Wildman–Crippen LogP) is 0.918. The van der Waals surface area contributed by atoms with Gasteiger partial charge in [-0.3, -0.25) is 9.88 Å². The van der Waals surface area contributed by atoms with E-state index in [2.05, 4.69) is 10.6 Å². The van der Waals surface area contributed by atoms with Crippen molar-refractivity contribution in [2.75, 3.05) is 6.16 Å². The molecule has 0 fully saturated rings. The van der Waals surface area contributed by atoms with Crippen LogP contribution in [-0.2, 0) is 4.57 Å². The molecule has 112 valence electrons. The van der Waals surface area contributed by atoms with E-state index in [1.54, 1.807) is 0 Å². The normalized spacial score (nSPS) is 24.4. The fraction of sp³-hybridized carbons (Fsp3) is 0.800. The van der Waals surface area contributed by atoms with Crippen molar-refractivity contribution in [2.24, 2.45) is 0 Å². The molecule has 0 radical (unpaired) electrons. The Bertz CT molecular complexity index is 373. The molecule has 1 heterocycles. The van der Waals surface area contributed by atoms with Crippen LogP contribution in [0.15, 0.2) is 11.5 Å². The van der Waals surface area contributed by atoms with Crippen molar-refractivity contribution in [2.45, 2.75) is 44.0 Å². The average molecular weight is 315 g/mol. The van der Waals surface area contributed by atoms with Crippen LogP contribution < -0.4 is 10.6 Å². The third-order valence-corrected chi connectivity index (χ3v) is 4.12. The van der Waals surface area contributed by atoms with Crippen LogP contribution in [0.5, 0.6) is 0 Å². The van der Waals surface area contributed by atoms with Gasteiger partial charge in [-0.2, -0.15) is 0 Å². The van der Waals surface area contributed by atoms with Crippen molar-refractivity contribution < 1.29 is 24.6 Å². The Morgan fingerprint density at radius 1 is 1.21 bits per heavy atom. The molecular weight excluding hydrogens is 295 g/mol. The summed E-state index contributed by atoms with van der Waals surface area (Å²) in [7, 11) is -3.89. The van der Waals surface area contributed by atoms with Crippen LogP contribution in [-0.4, -0.2) is 38.0 Å². The van der Waals surface area contributed by atoms with Gasteiger partial charge in [-0.1, -0.05) is 12.8 Å². The molecule has 0 amide bonds. The Hall–Kier alpha value is -0.300. The van der Waals surface area contributed by atoms with Crippen LogP contribution in [0.25, 0.3) is 0 Å². The molecule has 1 aliphatic rings. The number of hydrogen-bond acceptors (Lipinski definition) is 5. The molecule has 0 spiro atoms. The highest BCUT2D eigenvalue weighted by Crippen LogP contribution is 2.35. The molecule has 0 saturated heterocycles. The number of rotatable bonds is 7. The van der Waals surface area contributed by atoms with Gasteiger partial charge in [0.1, 0.15) is 5.50 Å². The summed E-state index contributed by atoms with van der Waals surface area (Å²) in [6, 6.07) is 0. The zero-order chi connectivity index (χ0) is 14.5. The molecule has 2 unspecified atom stereocenters. The molecule has 0 saturated carbocycles. The van der Waals surface area contributed by atoms with Gasteiger partial charge in [0.2, 0.25) is 0 Å². The lowest BCUT2D eigenvalue weighted by molar-refractivity contribution is 0.0811. The first-order chi connectivity index (χ1) is 8.79. The number of hydrogen-bond donors (Lipinski definition) is 6. The van der Waals surface area contributed by atoms with Crippen LogP contribution in [0.2, 0.25) is 0 Å². The van der Waals surface area contributed by atoms with Gasteiger partial charge in [0.15, 0.2) is 12.2 Å². The lowest BCUT2D eigenvalue weighted by Crippen LogP contribution is -2.50. The molecule has 6 N–H and O–H groups in total. The smallest absolute Gasteiger partial charge is 0.325 e. The maximum atomic E-state index is 10.6. The van der Waals surface area contributed by atoms with E-state index in [4.69, 9.17) is 21.4 Å². The Morgan fingerprint density at radius 2 is 1.84 bits per heavy atom. The highest BCUT2D eigenvalue weighted by Gasteiger charge is 2.24. The second kappa shape index (κ2) is 7.47. The highest BCUT2D eigenvalue weighted by atomic mass is 35.5. The van der Waals surface area contributed by atoms with Crippen LogP contribution in [0.4, 0.5) is 0 Å². The molecule has 0 bridgehead atoms. The van der Waals surface area contributed by atoms with Crippen molar-refractivity contribution in [3.63, 3.8) is 0 Å². The van der Waals surface area contributed by atoms with Crippen molar-refractivity contribution in [1.82, 2.24) is 10.6 Å². The molecule has 0 aromatic carbocycles. The third kappa shape index (κ3) is 6.61. The molecular formula is C10H20ClN2O5P.